The lowest BCUT2D eigenvalue weighted by molar-refractivity contribution is 0.983. The Kier molecular flexibility index (Phi) is 3.07. The van der Waals surface area contributed by atoms with Crippen molar-refractivity contribution in [2.24, 2.45) is 0 Å². The highest BCUT2D eigenvalue weighted by Gasteiger charge is 1.95. The van der Waals surface area contributed by atoms with Gasteiger partial charge in [0.15, 0.2) is 0 Å². The quantitative estimate of drug-likeness (QED) is 0.735. The molecule has 80 valence electrons. The number of nitrogens with zero attached hydrogens (tertiary/aromatic N) is 1. The molecule has 1 aromatic carbocycles. The third-order valence-corrected chi connectivity index (χ3v) is 2.35. The van der Waals surface area contributed by atoms with Crippen LogP contribution in [0.4, 0.5) is 5.82 Å². The number of anilines is 1. The topological polar surface area (TPSA) is 38.9 Å². The lowest BCUT2D eigenvalue weighted by atomic mass is 10.1. The molecule has 0 radical (unpaired) electrons. The summed E-state index contributed by atoms with van der Waals surface area (Å²) in [6, 6.07) is 7.97. The van der Waals surface area contributed by atoms with Gasteiger partial charge in [-0.05, 0) is 30.0 Å². The maximum absolute atomic E-state index is 5.65. The van der Waals surface area contributed by atoms with Crippen LogP contribution in [0.15, 0.2) is 30.5 Å². The van der Waals surface area contributed by atoms with Crippen molar-refractivity contribution in [1.82, 2.24) is 4.98 Å². The van der Waals surface area contributed by atoms with Gasteiger partial charge in [0.2, 0.25) is 0 Å². The molecule has 0 fully saturated rings. The first-order valence-electron chi connectivity index (χ1n) is 5.44. The zero-order valence-corrected chi connectivity index (χ0v) is 9.33. The predicted octanol–water partition coefficient (Wildman–Crippen LogP) is 2.97. The van der Waals surface area contributed by atoms with Crippen molar-refractivity contribution in [1.29, 1.82) is 0 Å². The summed E-state index contributed by atoms with van der Waals surface area (Å²) in [5.41, 5.74) is 6.68. The molecule has 0 unspecified atom stereocenters. The zero-order valence-electron chi connectivity index (χ0n) is 9.33. The number of fused-ring (bicyclic) bond motifs is 1. The standard InChI is InChI=1S/C14H14N2/c1-2-3-4-5-11-6-7-12-10-16-14(15)9-13(12)8-11/h6-10H,2-3H2,1H3,(H2,15,16). The molecule has 2 heteroatoms. The number of aromatic nitrogens is 1. The molecule has 0 saturated heterocycles. The smallest absolute Gasteiger partial charge is 0.123 e. The molecule has 0 amide bonds. The fourth-order valence-corrected chi connectivity index (χ4v) is 1.53. The molecule has 2 N–H and O–H groups in total. The summed E-state index contributed by atoms with van der Waals surface area (Å²) in [6.45, 7) is 2.13. The highest BCUT2D eigenvalue weighted by Crippen LogP contribution is 2.16. The summed E-state index contributed by atoms with van der Waals surface area (Å²) in [5, 5.41) is 2.19. The Hall–Kier alpha value is -2.01. The Balaban J connectivity index is 2.40. The van der Waals surface area contributed by atoms with E-state index in [1.165, 1.54) is 0 Å². The molecule has 0 atom stereocenters. The van der Waals surface area contributed by atoms with E-state index >= 15 is 0 Å². The monoisotopic (exact) mass is 210 g/mol. The molecule has 0 bridgehead atoms. The van der Waals surface area contributed by atoms with Crippen molar-refractivity contribution in [3.8, 4) is 11.8 Å². The van der Waals surface area contributed by atoms with Gasteiger partial charge in [-0.25, -0.2) is 4.98 Å². The molecule has 2 rings (SSSR count). The third-order valence-electron chi connectivity index (χ3n) is 2.35. The first-order chi connectivity index (χ1) is 7.79. The summed E-state index contributed by atoms with van der Waals surface area (Å²) in [6.07, 6.45) is 3.82. The number of hydrogen-bond acceptors (Lipinski definition) is 2. The maximum atomic E-state index is 5.65. The van der Waals surface area contributed by atoms with Crippen LogP contribution in [-0.4, -0.2) is 4.98 Å². The second kappa shape index (κ2) is 4.67. The second-order valence-corrected chi connectivity index (χ2v) is 3.72. The van der Waals surface area contributed by atoms with Crippen LogP contribution in [0.1, 0.15) is 25.3 Å². The highest BCUT2D eigenvalue weighted by atomic mass is 14.8. The van der Waals surface area contributed by atoms with E-state index < -0.39 is 0 Å². The highest BCUT2D eigenvalue weighted by molar-refractivity contribution is 5.84. The maximum Gasteiger partial charge on any atom is 0.123 e. The SMILES string of the molecule is CCCC#Cc1ccc2cnc(N)cc2c1. The summed E-state index contributed by atoms with van der Waals surface area (Å²) < 4.78 is 0. The minimum Gasteiger partial charge on any atom is -0.384 e. The molecule has 0 aliphatic rings. The Labute approximate surface area is 95.5 Å². The van der Waals surface area contributed by atoms with Gasteiger partial charge in [0.25, 0.3) is 0 Å². The number of pyridine rings is 1. The van der Waals surface area contributed by atoms with Crippen LogP contribution in [-0.2, 0) is 0 Å². The van der Waals surface area contributed by atoms with Crippen molar-refractivity contribution in [3.05, 3.63) is 36.0 Å². The summed E-state index contributed by atoms with van der Waals surface area (Å²) in [5.74, 6) is 6.83. The average Bonchev–Trinajstić information content (AvgIpc) is 2.29. The zero-order chi connectivity index (χ0) is 11.4. The lowest BCUT2D eigenvalue weighted by Gasteiger charge is -1.99. The van der Waals surface area contributed by atoms with Crippen molar-refractivity contribution in [3.63, 3.8) is 0 Å². The van der Waals surface area contributed by atoms with E-state index in [9.17, 15) is 0 Å². The number of unbranched alkanes of at least 4 members (excludes halogenated alkanes) is 1. The van der Waals surface area contributed by atoms with Gasteiger partial charge in [0.05, 0.1) is 0 Å². The van der Waals surface area contributed by atoms with E-state index in [1.54, 1.807) is 6.20 Å². The van der Waals surface area contributed by atoms with Crippen molar-refractivity contribution >= 4 is 16.6 Å². The minimum absolute atomic E-state index is 0.547. The fraction of sp³-hybridized carbons (Fsp3) is 0.214. The second-order valence-electron chi connectivity index (χ2n) is 3.72. The van der Waals surface area contributed by atoms with E-state index in [1.807, 2.05) is 18.2 Å². The number of rotatable bonds is 1. The van der Waals surface area contributed by atoms with Crippen LogP contribution in [0.5, 0.6) is 0 Å². The number of benzene rings is 1. The van der Waals surface area contributed by atoms with Gasteiger partial charge < -0.3 is 5.73 Å². The van der Waals surface area contributed by atoms with E-state index in [0.29, 0.717) is 5.82 Å². The van der Waals surface area contributed by atoms with Crippen LogP contribution < -0.4 is 5.73 Å². The van der Waals surface area contributed by atoms with Gasteiger partial charge in [-0.3, -0.25) is 0 Å². The molecule has 0 saturated carbocycles. The number of nitrogens with two attached hydrogens (primary N) is 1. The molecule has 0 aliphatic heterocycles. The normalized spacial score (nSPS) is 9.81. The van der Waals surface area contributed by atoms with E-state index in [-0.39, 0.29) is 0 Å². The van der Waals surface area contributed by atoms with E-state index in [4.69, 9.17) is 5.73 Å². The lowest BCUT2D eigenvalue weighted by Crippen LogP contribution is -1.88. The van der Waals surface area contributed by atoms with Crippen LogP contribution >= 0.6 is 0 Å². The molecule has 2 nitrogen and oxygen atoms in total. The van der Waals surface area contributed by atoms with Gasteiger partial charge in [-0.2, -0.15) is 0 Å². The first kappa shape index (κ1) is 10.5. The van der Waals surface area contributed by atoms with Gasteiger partial charge in [0, 0.05) is 23.6 Å². The number of nitrogen functional groups attached to an aromatic ring is 1. The molecule has 16 heavy (non-hydrogen) atoms. The van der Waals surface area contributed by atoms with Crippen LogP contribution in [0.3, 0.4) is 0 Å². The van der Waals surface area contributed by atoms with Crippen molar-refractivity contribution in [2.75, 3.05) is 5.73 Å². The Morgan fingerprint density at radius 1 is 1.25 bits per heavy atom. The van der Waals surface area contributed by atoms with Gasteiger partial charge >= 0.3 is 0 Å². The Bertz CT molecular complexity index is 562. The third kappa shape index (κ3) is 2.32. The fourth-order valence-electron chi connectivity index (χ4n) is 1.53. The van der Waals surface area contributed by atoms with Crippen molar-refractivity contribution in [2.45, 2.75) is 19.8 Å². The van der Waals surface area contributed by atoms with E-state index in [0.717, 1.165) is 29.2 Å². The molecule has 2 aromatic rings. The molecular formula is C14H14N2. The minimum atomic E-state index is 0.547. The van der Waals surface area contributed by atoms with Crippen LogP contribution in [0.25, 0.3) is 10.8 Å². The van der Waals surface area contributed by atoms with Crippen LogP contribution in [0.2, 0.25) is 0 Å². The molecule has 0 aliphatic carbocycles. The molecular weight excluding hydrogens is 196 g/mol. The molecule has 0 spiro atoms. The van der Waals surface area contributed by atoms with Crippen LogP contribution in [0, 0.1) is 11.8 Å². The van der Waals surface area contributed by atoms with E-state index in [2.05, 4.69) is 29.8 Å². The van der Waals surface area contributed by atoms with Crippen molar-refractivity contribution < 1.29 is 0 Å². The summed E-state index contributed by atoms with van der Waals surface area (Å²) in [4.78, 5) is 4.05. The van der Waals surface area contributed by atoms with Gasteiger partial charge in [-0.15, -0.1) is 0 Å². The largest absolute Gasteiger partial charge is 0.384 e. The Morgan fingerprint density at radius 3 is 2.94 bits per heavy atom. The van der Waals surface area contributed by atoms with Gasteiger partial charge in [0.1, 0.15) is 5.82 Å². The Morgan fingerprint density at radius 2 is 2.12 bits per heavy atom. The summed E-state index contributed by atoms with van der Waals surface area (Å²) >= 11 is 0. The van der Waals surface area contributed by atoms with Gasteiger partial charge in [-0.1, -0.05) is 24.8 Å². The summed E-state index contributed by atoms with van der Waals surface area (Å²) in [7, 11) is 0. The molecule has 1 aromatic heterocycles. The molecule has 1 heterocycles. The first-order valence-corrected chi connectivity index (χ1v) is 5.44. The number of hydrogen-bond donors (Lipinski definition) is 1. The average molecular weight is 210 g/mol. The predicted molar refractivity (Wildman–Crippen MR) is 67.9 cm³/mol.